The van der Waals surface area contributed by atoms with Gasteiger partial charge in [0, 0.05) is 35.7 Å². The smallest absolute Gasteiger partial charge is 0.332 e. The molecule has 7 heteroatoms. The molecule has 0 atom stereocenters. The van der Waals surface area contributed by atoms with Crippen LogP contribution in [0.5, 0.6) is 0 Å². The second-order valence-corrected chi connectivity index (χ2v) is 5.56. The van der Waals surface area contributed by atoms with Crippen molar-refractivity contribution in [2.75, 3.05) is 13.2 Å². The zero-order valence-corrected chi connectivity index (χ0v) is 13.1. The first-order valence-electron chi connectivity index (χ1n) is 7.34. The molecular weight excluding hydrogens is 318 g/mol. The Labute approximate surface area is 138 Å². The van der Waals surface area contributed by atoms with E-state index in [1.807, 2.05) is 12.1 Å². The summed E-state index contributed by atoms with van der Waals surface area (Å²) in [6.07, 6.45) is 5.78. The van der Waals surface area contributed by atoms with E-state index in [1.165, 1.54) is 23.3 Å². The molecule has 1 aromatic carbocycles. The molecule has 1 saturated heterocycles. The maximum absolute atomic E-state index is 11.8. The molecule has 0 aliphatic carbocycles. The van der Waals surface area contributed by atoms with Gasteiger partial charge in [0.1, 0.15) is 12.4 Å². The highest BCUT2D eigenvalue weighted by molar-refractivity contribution is 6.30. The maximum Gasteiger partial charge on any atom is 0.332 e. The molecule has 1 aliphatic rings. The van der Waals surface area contributed by atoms with Gasteiger partial charge in [0.2, 0.25) is 0 Å². The number of nitrogens with zero attached hydrogens (tertiary/aromatic N) is 3. The van der Waals surface area contributed by atoms with Gasteiger partial charge in [0.05, 0.1) is 13.2 Å². The van der Waals surface area contributed by atoms with Crippen molar-refractivity contribution >= 4 is 23.8 Å². The van der Waals surface area contributed by atoms with Crippen LogP contribution in [0.25, 0.3) is 17.6 Å². The molecule has 2 aromatic rings. The molecule has 0 saturated carbocycles. The van der Waals surface area contributed by atoms with Gasteiger partial charge in [-0.3, -0.25) is 0 Å². The fourth-order valence-electron chi connectivity index (χ4n) is 2.24. The molecular formula is C16H16ClN3O3. The molecule has 23 heavy (non-hydrogen) atoms. The number of ether oxygens (including phenoxy) is 2. The largest absolute Gasteiger partial charge is 0.459 e. The molecule has 1 aliphatic heterocycles. The van der Waals surface area contributed by atoms with Gasteiger partial charge in [-0.25, -0.2) is 14.5 Å². The summed E-state index contributed by atoms with van der Waals surface area (Å²) in [7, 11) is 0. The van der Waals surface area contributed by atoms with Gasteiger partial charge in [0.25, 0.3) is 0 Å². The number of carbonyl (C=O) groups excluding carboxylic acids is 1. The van der Waals surface area contributed by atoms with E-state index in [2.05, 4.69) is 10.1 Å². The second-order valence-electron chi connectivity index (χ2n) is 5.12. The van der Waals surface area contributed by atoms with E-state index < -0.39 is 5.97 Å². The van der Waals surface area contributed by atoms with Crippen molar-refractivity contribution in [3.8, 4) is 11.4 Å². The lowest BCUT2D eigenvalue weighted by Crippen LogP contribution is -2.25. The van der Waals surface area contributed by atoms with Crippen LogP contribution in [-0.2, 0) is 14.3 Å². The molecule has 6 nitrogen and oxygen atoms in total. The SMILES string of the molecule is O=C(/C=C/n1cnc(-c2cccc(Cl)c2)n1)OC1CCOCC1. The topological polar surface area (TPSA) is 66.2 Å². The lowest BCUT2D eigenvalue weighted by Gasteiger charge is -2.21. The van der Waals surface area contributed by atoms with Gasteiger partial charge in [-0.15, -0.1) is 5.10 Å². The van der Waals surface area contributed by atoms with Crippen LogP contribution in [0, 0.1) is 0 Å². The molecule has 1 aromatic heterocycles. The Morgan fingerprint density at radius 3 is 3.00 bits per heavy atom. The van der Waals surface area contributed by atoms with Gasteiger partial charge in [-0.05, 0) is 12.1 Å². The molecule has 0 bridgehead atoms. The fourth-order valence-corrected chi connectivity index (χ4v) is 2.43. The normalized spacial score (nSPS) is 15.9. The van der Waals surface area contributed by atoms with Gasteiger partial charge >= 0.3 is 5.97 Å². The van der Waals surface area contributed by atoms with Crippen LogP contribution in [0.3, 0.4) is 0 Å². The fraction of sp³-hybridized carbons (Fsp3) is 0.312. The van der Waals surface area contributed by atoms with Gasteiger partial charge < -0.3 is 9.47 Å². The van der Waals surface area contributed by atoms with Crippen LogP contribution in [0.1, 0.15) is 12.8 Å². The van der Waals surface area contributed by atoms with Crippen LogP contribution in [0.2, 0.25) is 5.02 Å². The zero-order chi connectivity index (χ0) is 16.1. The van der Waals surface area contributed by atoms with Crippen LogP contribution >= 0.6 is 11.6 Å². The first-order chi connectivity index (χ1) is 11.2. The van der Waals surface area contributed by atoms with Gasteiger partial charge in [-0.2, -0.15) is 0 Å². The summed E-state index contributed by atoms with van der Waals surface area (Å²) in [5.41, 5.74) is 0.814. The predicted molar refractivity (Wildman–Crippen MR) is 85.7 cm³/mol. The highest BCUT2D eigenvalue weighted by Crippen LogP contribution is 2.18. The van der Waals surface area contributed by atoms with E-state index in [9.17, 15) is 4.79 Å². The summed E-state index contributed by atoms with van der Waals surface area (Å²) in [6.45, 7) is 1.27. The predicted octanol–water partition coefficient (Wildman–Crippen LogP) is 2.79. The van der Waals surface area contributed by atoms with Crippen LogP contribution < -0.4 is 0 Å². The Morgan fingerprint density at radius 1 is 1.39 bits per heavy atom. The molecule has 0 radical (unpaired) electrons. The van der Waals surface area contributed by atoms with Crippen molar-refractivity contribution in [3.05, 3.63) is 41.7 Å². The highest BCUT2D eigenvalue weighted by atomic mass is 35.5. The van der Waals surface area contributed by atoms with Crippen molar-refractivity contribution in [1.29, 1.82) is 0 Å². The lowest BCUT2D eigenvalue weighted by atomic mass is 10.1. The summed E-state index contributed by atoms with van der Waals surface area (Å²) in [5.74, 6) is 0.145. The van der Waals surface area contributed by atoms with Crippen molar-refractivity contribution in [2.45, 2.75) is 18.9 Å². The van der Waals surface area contributed by atoms with Crippen molar-refractivity contribution in [3.63, 3.8) is 0 Å². The van der Waals surface area contributed by atoms with E-state index in [0.717, 1.165) is 18.4 Å². The van der Waals surface area contributed by atoms with E-state index in [1.54, 1.807) is 12.1 Å². The Bertz CT molecular complexity index is 708. The van der Waals surface area contributed by atoms with E-state index in [-0.39, 0.29) is 6.10 Å². The summed E-state index contributed by atoms with van der Waals surface area (Å²) >= 11 is 5.95. The lowest BCUT2D eigenvalue weighted by molar-refractivity contribution is -0.146. The molecule has 3 rings (SSSR count). The molecule has 2 heterocycles. The average Bonchev–Trinajstić information content (AvgIpc) is 3.03. The summed E-state index contributed by atoms with van der Waals surface area (Å²) in [5, 5.41) is 4.89. The Kier molecular flexibility index (Phi) is 5.05. The molecule has 0 amide bonds. The van der Waals surface area contributed by atoms with Crippen LogP contribution in [0.4, 0.5) is 0 Å². The number of carbonyl (C=O) groups is 1. The highest BCUT2D eigenvalue weighted by Gasteiger charge is 2.16. The minimum absolute atomic E-state index is 0.0707. The van der Waals surface area contributed by atoms with E-state index in [4.69, 9.17) is 21.1 Å². The monoisotopic (exact) mass is 333 g/mol. The van der Waals surface area contributed by atoms with Crippen molar-refractivity contribution < 1.29 is 14.3 Å². The van der Waals surface area contributed by atoms with Crippen LogP contribution in [0.15, 0.2) is 36.7 Å². The quantitative estimate of drug-likeness (QED) is 0.636. The number of hydrogen-bond donors (Lipinski definition) is 0. The third-order valence-electron chi connectivity index (χ3n) is 3.41. The Morgan fingerprint density at radius 2 is 2.22 bits per heavy atom. The van der Waals surface area contributed by atoms with Crippen LogP contribution in [-0.4, -0.2) is 40.1 Å². The second kappa shape index (κ2) is 7.39. The number of halogens is 1. The third kappa shape index (κ3) is 4.40. The van der Waals surface area contributed by atoms with E-state index >= 15 is 0 Å². The first-order valence-corrected chi connectivity index (χ1v) is 7.72. The molecule has 0 spiro atoms. The molecule has 120 valence electrons. The summed E-state index contributed by atoms with van der Waals surface area (Å²) in [6, 6.07) is 7.27. The number of esters is 1. The first kappa shape index (κ1) is 15.7. The third-order valence-corrected chi connectivity index (χ3v) is 3.64. The summed E-state index contributed by atoms with van der Waals surface area (Å²) in [4.78, 5) is 16.0. The van der Waals surface area contributed by atoms with Crippen molar-refractivity contribution in [2.24, 2.45) is 0 Å². The number of benzene rings is 1. The zero-order valence-electron chi connectivity index (χ0n) is 12.4. The van der Waals surface area contributed by atoms with E-state index in [0.29, 0.717) is 24.1 Å². The summed E-state index contributed by atoms with van der Waals surface area (Å²) < 4.78 is 12.0. The average molecular weight is 334 g/mol. The number of hydrogen-bond acceptors (Lipinski definition) is 5. The number of rotatable bonds is 4. The maximum atomic E-state index is 11.8. The van der Waals surface area contributed by atoms with Gasteiger partial charge in [0.15, 0.2) is 5.82 Å². The van der Waals surface area contributed by atoms with Gasteiger partial charge in [-0.1, -0.05) is 23.7 Å². The standard InChI is InChI=1S/C16H16ClN3O3/c17-13-3-1-2-12(10-13)16-18-11-20(19-16)7-4-15(21)23-14-5-8-22-9-6-14/h1-4,7,10-11,14H,5-6,8-9H2/b7-4+. The molecule has 0 N–H and O–H groups in total. The molecule has 0 unspecified atom stereocenters. The number of aromatic nitrogens is 3. The minimum Gasteiger partial charge on any atom is -0.459 e. The minimum atomic E-state index is -0.392. The Hall–Kier alpha value is -2.18. The Balaban J connectivity index is 1.60. The molecule has 1 fully saturated rings. The van der Waals surface area contributed by atoms with Crippen molar-refractivity contribution in [1.82, 2.24) is 14.8 Å².